The van der Waals surface area contributed by atoms with Crippen molar-refractivity contribution in [1.82, 2.24) is 15.1 Å². The van der Waals surface area contributed by atoms with Gasteiger partial charge in [-0.25, -0.2) is 9.18 Å². The molecule has 1 aromatic heterocycles. The summed E-state index contributed by atoms with van der Waals surface area (Å²) in [5.41, 5.74) is 0.961. The van der Waals surface area contributed by atoms with Crippen LogP contribution in [0, 0.1) is 5.82 Å². The van der Waals surface area contributed by atoms with Crippen molar-refractivity contribution in [3.05, 3.63) is 63.3 Å². The summed E-state index contributed by atoms with van der Waals surface area (Å²) >= 11 is 7.24. The van der Waals surface area contributed by atoms with Gasteiger partial charge in [-0.3, -0.25) is 4.79 Å². The van der Waals surface area contributed by atoms with Gasteiger partial charge in [-0.15, -0.1) is 10.2 Å². The number of likely N-dealkylation sites (tertiary alicyclic amines) is 1. The van der Waals surface area contributed by atoms with Crippen LogP contribution in [0.25, 0.3) is 0 Å². The maximum absolute atomic E-state index is 13.0. The molecule has 3 aromatic rings. The molecule has 2 N–H and O–H groups in total. The van der Waals surface area contributed by atoms with Gasteiger partial charge in [-0.05, 0) is 55.3 Å². The van der Waals surface area contributed by atoms with Crippen LogP contribution in [0.5, 0.6) is 5.75 Å². The van der Waals surface area contributed by atoms with Crippen molar-refractivity contribution in [2.24, 2.45) is 0 Å². The summed E-state index contributed by atoms with van der Waals surface area (Å²) in [5, 5.41) is 15.1. The lowest BCUT2D eigenvalue weighted by molar-refractivity contribution is 0.102. The minimum atomic E-state index is -0.413. The van der Waals surface area contributed by atoms with E-state index in [0.717, 1.165) is 12.8 Å². The van der Waals surface area contributed by atoms with Crippen LogP contribution in [0.2, 0.25) is 5.02 Å². The molecule has 1 aliphatic rings. The number of carbonyl (C=O) groups is 2. The summed E-state index contributed by atoms with van der Waals surface area (Å²) in [6.45, 7) is 1.05. The van der Waals surface area contributed by atoms with Crippen molar-refractivity contribution in [3.8, 4) is 5.75 Å². The van der Waals surface area contributed by atoms with E-state index in [1.807, 2.05) is 0 Å². The average Bonchev–Trinajstić information content (AvgIpc) is 3.31. The first-order valence-corrected chi connectivity index (χ1v) is 11.4. The molecule has 172 valence electrons. The molecule has 2 heterocycles. The van der Waals surface area contributed by atoms with Gasteiger partial charge in [0, 0.05) is 29.7 Å². The fourth-order valence-electron chi connectivity index (χ4n) is 3.54. The summed E-state index contributed by atoms with van der Waals surface area (Å²) in [6, 6.07) is 10.2. The molecule has 4 rings (SSSR count). The smallest absolute Gasteiger partial charge is 0.321 e. The van der Waals surface area contributed by atoms with Crippen LogP contribution in [0.4, 0.5) is 20.6 Å². The zero-order chi connectivity index (χ0) is 23.4. The van der Waals surface area contributed by atoms with Crippen molar-refractivity contribution in [2.45, 2.75) is 18.8 Å². The maximum Gasteiger partial charge on any atom is 0.321 e. The van der Waals surface area contributed by atoms with Gasteiger partial charge in [0.25, 0.3) is 5.91 Å². The Morgan fingerprint density at radius 1 is 1.18 bits per heavy atom. The first-order valence-electron chi connectivity index (χ1n) is 10.2. The summed E-state index contributed by atoms with van der Waals surface area (Å²) < 4.78 is 18.3. The third kappa shape index (κ3) is 5.58. The molecule has 1 fully saturated rings. The van der Waals surface area contributed by atoms with Crippen LogP contribution < -0.4 is 15.4 Å². The first kappa shape index (κ1) is 22.9. The summed E-state index contributed by atoms with van der Waals surface area (Å²) in [6.07, 6.45) is 1.62. The molecule has 0 spiro atoms. The van der Waals surface area contributed by atoms with E-state index in [-0.39, 0.29) is 22.8 Å². The van der Waals surface area contributed by atoms with Gasteiger partial charge in [-0.2, -0.15) is 0 Å². The number of ether oxygens (including phenoxy) is 1. The number of benzene rings is 2. The number of aromatic nitrogens is 2. The number of anilines is 2. The Hall–Kier alpha value is -3.24. The van der Waals surface area contributed by atoms with E-state index < -0.39 is 5.91 Å². The molecular weight excluding hydrogens is 469 g/mol. The van der Waals surface area contributed by atoms with Gasteiger partial charge in [-0.1, -0.05) is 22.9 Å². The Morgan fingerprint density at radius 2 is 1.97 bits per heavy atom. The highest BCUT2D eigenvalue weighted by atomic mass is 35.5. The van der Waals surface area contributed by atoms with Gasteiger partial charge in [0.2, 0.25) is 5.01 Å². The van der Waals surface area contributed by atoms with E-state index in [1.54, 1.807) is 23.1 Å². The number of hydrogen-bond acceptors (Lipinski definition) is 6. The van der Waals surface area contributed by atoms with E-state index in [4.69, 9.17) is 16.3 Å². The molecular formula is C22H21ClFN5O3S. The molecule has 1 atom stereocenters. The van der Waals surface area contributed by atoms with E-state index in [1.165, 1.54) is 42.7 Å². The summed E-state index contributed by atoms with van der Waals surface area (Å²) in [4.78, 5) is 27.0. The number of rotatable bonds is 5. The van der Waals surface area contributed by atoms with Crippen LogP contribution >= 0.6 is 22.9 Å². The van der Waals surface area contributed by atoms with Crippen LogP contribution in [0.15, 0.2) is 42.5 Å². The molecule has 1 aliphatic heterocycles. The molecule has 0 radical (unpaired) electrons. The van der Waals surface area contributed by atoms with Gasteiger partial charge in [0.15, 0.2) is 0 Å². The van der Waals surface area contributed by atoms with Gasteiger partial charge < -0.3 is 20.3 Å². The molecule has 11 heteroatoms. The second kappa shape index (κ2) is 10.1. The minimum absolute atomic E-state index is 0.0318. The quantitative estimate of drug-likeness (QED) is 0.525. The van der Waals surface area contributed by atoms with Crippen molar-refractivity contribution in [2.75, 3.05) is 30.8 Å². The topological polar surface area (TPSA) is 96.4 Å². The molecule has 2 aromatic carbocycles. The largest absolute Gasteiger partial charge is 0.495 e. The highest BCUT2D eigenvalue weighted by molar-refractivity contribution is 7.13. The molecule has 3 amide bonds. The van der Waals surface area contributed by atoms with Crippen LogP contribution in [0.1, 0.15) is 33.6 Å². The zero-order valence-electron chi connectivity index (χ0n) is 17.7. The second-order valence-corrected chi connectivity index (χ2v) is 8.91. The predicted octanol–water partition coefficient (Wildman–Crippen LogP) is 5.00. The number of halogens is 2. The number of hydrogen-bond donors (Lipinski definition) is 2. The van der Waals surface area contributed by atoms with Gasteiger partial charge in [0.1, 0.15) is 16.6 Å². The number of carbonyl (C=O) groups excluding carboxylic acids is 2. The number of nitrogens with one attached hydrogen (secondary N) is 2. The lowest BCUT2D eigenvalue weighted by Crippen LogP contribution is -2.41. The highest BCUT2D eigenvalue weighted by Crippen LogP contribution is 2.31. The standard InChI is InChI=1S/C22H21ClFN5O3S/c1-32-18-9-4-14(23)11-17(18)26-22(31)29-10-2-3-13(12-29)20-27-28-21(33-20)19(30)25-16-7-5-15(24)6-8-16/h4-9,11,13H,2-3,10,12H2,1H3,(H,25,30)(H,26,31)/t13-/m0/s1. The third-order valence-electron chi connectivity index (χ3n) is 5.20. The highest BCUT2D eigenvalue weighted by Gasteiger charge is 2.28. The Morgan fingerprint density at radius 3 is 2.73 bits per heavy atom. The predicted molar refractivity (Wildman–Crippen MR) is 125 cm³/mol. The number of methoxy groups -OCH3 is 1. The van der Waals surface area contributed by atoms with E-state index in [2.05, 4.69) is 20.8 Å². The molecule has 0 unspecified atom stereocenters. The Bertz CT molecular complexity index is 1160. The monoisotopic (exact) mass is 489 g/mol. The average molecular weight is 490 g/mol. The third-order valence-corrected chi connectivity index (χ3v) is 6.52. The molecule has 0 saturated carbocycles. The summed E-state index contributed by atoms with van der Waals surface area (Å²) in [7, 11) is 1.52. The minimum Gasteiger partial charge on any atom is -0.495 e. The summed E-state index contributed by atoms with van der Waals surface area (Å²) in [5.74, 6) is -0.312. The van der Waals surface area contributed by atoms with Gasteiger partial charge >= 0.3 is 6.03 Å². The van der Waals surface area contributed by atoms with Crippen molar-refractivity contribution in [1.29, 1.82) is 0 Å². The Labute approximate surface area is 198 Å². The number of urea groups is 1. The SMILES string of the molecule is COc1ccc(Cl)cc1NC(=O)N1CCC[C@H](c2nnc(C(=O)Nc3ccc(F)cc3)s2)C1. The lowest BCUT2D eigenvalue weighted by atomic mass is 9.99. The van der Waals surface area contributed by atoms with Crippen LogP contribution in [-0.4, -0.2) is 47.2 Å². The normalized spacial score (nSPS) is 15.7. The van der Waals surface area contributed by atoms with Crippen LogP contribution in [0.3, 0.4) is 0 Å². The molecule has 8 nitrogen and oxygen atoms in total. The van der Waals surface area contributed by atoms with E-state index >= 15 is 0 Å². The first-order chi connectivity index (χ1) is 15.9. The number of piperidine rings is 1. The fourth-order valence-corrected chi connectivity index (χ4v) is 4.58. The van der Waals surface area contributed by atoms with Crippen molar-refractivity contribution < 1.29 is 18.7 Å². The molecule has 1 saturated heterocycles. The second-order valence-electron chi connectivity index (χ2n) is 7.47. The van der Waals surface area contributed by atoms with Crippen LogP contribution in [-0.2, 0) is 0 Å². The Kier molecular flexibility index (Phi) is 7.05. The van der Waals surface area contributed by atoms with Crippen molar-refractivity contribution >= 4 is 46.3 Å². The van der Waals surface area contributed by atoms with Crippen molar-refractivity contribution in [3.63, 3.8) is 0 Å². The zero-order valence-corrected chi connectivity index (χ0v) is 19.3. The fraction of sp³-hybridized carbons (Fsp3) is 0.273. The lowest BCUT2D eigenvalue weighted by Gasteiger charge is -2.31. The van der Waals surface area contributed by atoms with E-state index in [9.17, 15) is 14.0 Å². The Balaban J connectivity index is 1.40. The molecule has 0 bridgehead atoms. The van der Waals surface area contributed by atoms with Gasteiger partial charge in [0.05, 0.1) is 12.8 Å². The number of amides is 3. The number of nitrogens with zero attached hydrogens (tertiary/aromatic N) is 3. The maximum atomic E-state index is 13.0. The molecule has 33 heavy (non-hydrogen) atoms. The van der Waals surface area contributed by atoms with E-state index in [0.29, 0.717) is 40.2 Å². The molecule has 0 aliphatic carbocycles.